The molecule has 0 atom stereocenters. The zero-order chi connectivity index (χ0) is 44.2. The maximum Gasteiger partial charge on any atom is 0.0462 e. The monoisotopic (exact) mass is 836 g/mol. The minimum Gasteiger partial charge on any atom is -0.362 e. The van der Waals surface area contributed by atoms with Gasteiger partial charge in [0.05, 0.1) is 0 Å². The minimum atomic E-state index is 1.02. The lowest BCUT2D eigenvalue weighted by molar-refractivity contribution is 1.05. The SMILES string of the molecule is C=C(C)c1ccc(-c2ccc(C(/C=C\c3ccccc3)=C/C=C/Nc3ccc(-c4ccc(N(c5ccc(C6=CC=CCC6)cc5)c5ccc(-c6ccccc6)cc5)cc4)cc3)cc2)cc1. The number of anilines is 4. The van der Waals surface area contributed by atoms with Crippen molar-refractivity contribution in [3.8, 4) is 33.4 Å². The second kappa shape index (κ2) is 20.3. The Kier molecular flexibility index (Phi) is 13.2. The third-order valence-corrected chi connectivity index (χ3v) is 11.9. The highest BCUT2D eigenvalue weighted by atomic mass is 15.1. The summed E-state index contributed by atoms with van der Waals surface area (Å²) in [5.74, 6) is 0. The van der Waals surface area contributed by atoms with Crippen LogP contribution in [-0.4, -0.2) is 0 Å². The lowest BCUT2D eigenvalue weighted by atomic mass is 9.97. The molecule has 0 amide bonds. The van der Waals surface area contributed by atoms with Crippen molar-refractivity contribution in [1.82, 2.24) is 0 Å². The van der Waals surface area contributed by atoms with Crippen molar-refractivity contribution in [2.75, 3.05) is 10.2 Å². The zero-order valence-corrected chi connectivity index (χ0v) is 36.8. The highest BCUT2D eigenvalue weighted by Crippen LogP contribution is 2.38. The summed E-state index contributed by atoms with van der Waals surface area (Å²) in [7, 11) is 0. The summed E-state index contributed by atoms with van der Waals surface area (Å²) in [6, 6.07) is 73.7. The van der Waals surface area contributed by atoms with Crippen LogP contribution >= 0.6 is 0 Å². The second-order valence-electron chi connectivity index (χ2n) is 16.4. The van der Waals surface area contributed by atoms with Crippen LogP contribution in [0.25, 0.3) is 56.2 Å². The normalized spacial score (nSPS) is 12.6. The van der Waals surface area contributed by atoms with E-state index in [4.69, 9.17) is 0 Å². The summed E-state index contributed by atoms with van der Waals surface area (Å²) >= 11 is 0. The summed E-state index contributed by atoms with van der Waals surface area (Å²) in [6.45, 7) is 6.11. The fraction of sp³-hybridized carbons (Fsp3) is 0.0476. The van der Waals surface area contributed by atoms with E-state index in [-0.39, 0.29) is 0 Å². The zero-order valence-electron chi connectivity index (χ0n) is 36.8. The number of hydrogen-bond donors (Lipinski definition) is 1. The standard InChI is InChI=1S/C63H52N2/c1-47(2)49-22-24-54(25-23-49)55-28-26-53(27-29-55)52(21-20-48-13-6-3-7-14-48)19-12-46-64-60-38-30-56(31-39-60)59-36-44-63(45-37-59)65(61-40-32-57(33-41-61)50-15-8-4-9-16-50)62-42-34-58(35-43-62)51-17-10-5-11-18-51/h3-10,12-17,19-46,64H,1,11,18H2,2H3/b21-20-,46-12+,52-19+. The maximum absolute atomic E-state index is 4.07. The molecule has 314 valence electrons. The molecule has 0 unspecified atom stereocenters. The molecule has 2 heteroatoms. The number of nitrogens with one attached hydrogen (secondary N) is 1. The molecule has 9 rings (SSSR count). The first-order valence-corrected chi connectivity index (χ1v) is 22.4. The Morgan fingerprint density at radius 3 is 1.48 bits per heavy atom. The number of hydrogen-bond acceptors (Lipinski definition) is 2. The molecule has 0 aromatic heterocycles. The molecule has 0 fully saturated rings. The van der Waals surface area contributed by atoms with Crippen molar-refractivity contribution in [3.63, 3.8) is 0 Å². The number of rotatable bonds is 14. The van der Waals surface area contributed by atoms with Crippen molar-refractivity contribution >= 4 is 45.5 Å². The molecule has 1 aliphatic rings. The molecule has 2 nitrogen and oxygen atoms in total. The fourth-order valence-corrected chi connectivity index (χ4v) is 8.21. The molecule has 8 aromatic rings. The number of benzene rings is 8. The Morgan fingerprint density at radius 2 is 0.969 bits per heavy atom. The molecule has 8 aromatic carbocycles. The summed E-state index contributed by atoms with van der Waals surface area (Å²) in [6.07, 6.45) is 19.4. The van der Waals surface area contributed by atoms with E-state index in [0.717, 1.165) is 74.6 Å². The highest BCUT2D eigenvalue weighted by Gasteiger charge is 2.14. The Balaban J connectivity index is 0.909. The van der Waals surface area contributed by atoms with Gasteiger partial charge in [-0.2, -0.15) is 0 Å². The molecule has 0 saturated heterocycles. The second-order valence-corrected chi connectivity index (χ2v) is 16.4. The molecular weight excluding hydrogens is 785 g/mol. The van der Waals surface area contributed by atoms with Gasteiger partial charge >= 0.3 is 0 Å². The molecule has 0 aliphatic heterocycles. The van der Waals surface area contributed by atoms with Crippen LogP contribution in [0.1, 0.15) is 42.0 Å². The van der Waals surface area contributed by atoms with Crippen LogP contribution in [0, 0.1) is 0 Å². The van der Waals surface area contributed by atoms with E-state index in [1.54, 1.807) is 0 Å². The summed E-state index contributed by atoms with van der Waals surface area (Å²) in [5, 5.41) is 3.48. The van der Waals surface area contributed by atoms with Gasteiger partial charge in [-0.1, -0.05) is 206 Å². The van der Waals surface area contributed by atoms with Gasteiger partial charge in [-0.25, -0.2) is 0 Å². The van der Waals surface area contributed by atoms with Gasteiger partial charge in [-0.15, -0.1) is 0 Å². The van der Waals surface area contributed by atoms with Gasteiger partial charge in [-0.05, 0) is 141 Å². The Hall–Kier alpha value is -8.20. The molecule has 65 heavy (non-hydrogen) atoms. The van der Waals surface area contributed by atoms with Crippen LogP contribution in [-0.2, 0) is 0 Å². The van der Waals surface area contributed by atoms with E-state index >= 15 is 0 Å². The predicted molar refractivity (Wildman–Crippen MR) is 281 cm³/mol. The molecule has 0 radical (unpaired) electrons. The van der Waals surface area contributed by atoms with Gasteiger partial charge < -0.3 is 10.2 Å². The third-order valence-electron chi connectivity index (χ3n) is 11.9. The summed E-state index contributed by atoms with van der Waals surface area (Å²) < 4.78 is 0. The van der Waals surface area contributed by atoms with Gasteiger partial charge in [0, 0.05) is 28.9 Å². The molecule has 0 heterocycles. The smallest absolute Gasteiger partial charge is 0.0462 e. The maximum atomic E-state index is 4.07. The highest BCUT2D eigenvalue weighted by molar-refractivity contribution is 5.83. The van der Waals surface area contributed by atoms with Gasteiger partial charge in [0.25, 0.3) is 0 Å². The fourth-order valence-electron chi connectivity index (χ4n) is 8.21. The van der Waals surface area contributed by atoms with Crippen LogP contribution in [0.3, 0.4) is 0 Å². The van der Waals surface area contributed by atoms with Crippen LogP contribution in [0.2, 0.25) is 0 Å². The quantitative estimate of drug-likeness (QED) is 0.110. The lowest BCUT2D eigenvalue weighted by Gasteiger charge is -2.26. The van der Waals surface area contributed by atoms with E-state index in [0.29, 0.717) is 0 Å². The average Bonchev–Trinajstić information content (AvgIpc) is 3.38. The van der Waals surface area contributed by atoms with Crippen molar-refractivity contribution < 1.29 is 0 Å². The van der Waals surface area contributed by atoms with E-state index in [9.17, 15) is 0 Å². The van der Waals surface area contributed by atoms with E-state index in [2.05, 4.69) is 260 Å². The molecule has 0 saturated carbocycles. The van der Waals surface area contributed by atoms with Gasteiger partial charge in [0.15, 0.2) is 0 Å². The largest absolute Gasteiger partial charge is 0.362 e. The van der Waals surface area contributed by atoms with Crippen molar-refractivity contribution in [2.24, 2.45) is 0 Å². The summed E-state index contributed by atoms with van der Waals surface area (Å²) in [4.78, 5) is 2.34. The molecule has 0 bridgehead atoms. The van der Waals surface area contributed by atoms with Gasteiger partial charge in [-0.3, -0.25) is 0 Å². The first-order chi connectivity index (χ1) is 32.0. The van der Waals surface area contributed by atoms with Crippen molar-refractivity contribution in [2.45, 2.75) is 19.8 Å². The topological polar surface area (TPSA) is 15.3 Å². The first-order valence-electron chi connectivity index (χ1n) is 22.4. The van der Waals surface area contributed by atoms with Crippen LogP contribution in [0.15, 0.2) is 255 Å². The van der Waals surface area contributed by atoms with E-state index in [1.807, 2.05) is 19.2 Å². The van der Waals surface area contributed by atoms with Crippen molar-refractivity contribution in [1.29, 1.82) is 0 Å². The Labute approximate surface area is 384 Å². The van der Waals surface area contributed by atoms with Crippen LogP contribution in [0.5, 0.6) is 0 Å². The summed E-state index contributed by atoms with van der Waals surface area (Å²) in [5.41, 5.74) is 19.8. The molecular formula is C63H52N2. The molecule has 0 spiro atoms. The number of allylic oxidation sites excluding steroid dienone is 9. The van der Waals surface area contributed by atoms with Gasteiger partial charge in [0.2, 0.25) is 0 Å². The Bertz CT molecular complexity index is 2990. The minimum absolute atomic E-state index is 1.02. The van der Waals surface area contributed by atoms with E-state index in [1.165, 1.54) is 33.4 Å². The van der Waals surface area contributed by atoms with Crippen molar-refractivity contribution in [3.05, 3.63) is 278 Å². The molecule has 1 aliphatic carbocycles. The van der Waals surface area contributed by atoms with Crippen LogP contribution in [0.4, 0.5) is 22.7 Å². The Morgan fingerprint density at radius 1 is 0.508 bits per heavy atom. The average molecular weight is 837 g/mol. The van der Waals surface area contributed by atoms with Gasteiger partial charge in [0.1, 0.15) is 0 Å². The number of nitrogens with zero attached hydrogens (tertiary/aromatic N) is 1. The lowest BCUT2D eigenvalue weighted by Crippen LogP contribution is -2.10. The molecule has 1 N–H and O–H groups in total. The first kappa shape index (κ1) is 42.1. The third kappa shape index (κ3) is 10.5. The van der Waals surface area contributed by atoms with E-state index < -0.39 is 0 Å². The predicted octanol–water partition coefficient (Wildman–Crippen LogP) is 17.6. The van der Waals surface area contributed by atoms with Crippen LogP contribution < -0.4 is 10.2 Å².